The first-order valence-electron chi connectivity index (χ1n) is 8.01. The number of hydrogen-bond acceptors (Lipinski definition) is 6. The molecule has 4 rings (SSSR count). The van der Waals surface area contributed by atoms with E-state index in [0.717, 1.165) is 36.2 Å². The van der Waals surface area contributed by atoms with Crippen molar-refractivity contribution in [2.45, 2.75) is 57.1 Å². The number of aromatic nitrogens is 2. The fourth-order valence-electron chi connectivity index (χ4n) is 3.65. The van der Waals surface area contributed by atoms with E-state index in [1.165, 1.54) is 32.1 Å². The lowest BCUT2D eigenvalue weighted by Gasteiger charge is -2.39. The number of morpholine rings is 1. The summed E-state index contributed by atoms with van der Waals surface area (Å²) in [5.41, 5.74) is 3.80. The number of nitrogens with one attached hydrogen (secondary N) is 1. The van der Waals surface area contributed by atoms with Crippen molar-refractivity contribution in [3.05, 3.63) is 11.4 Å². The Labute approximate surface area is 125 Å². The zero-order valence-corrected chi connectivity index (χ0v) is 12.5. The smallest absolute Gasteiger partial charge is 0.148 e. The van der Waals surface area contributed by atoms with E-state index in [2.05, 4.69) is 22.2 Å². The Bertz CT molecular complexity index is 545. The summed E-state index contributed by atoms with van der Waals surface area (Å²) < 4.78 is 5.91. The van der Waals surface area contributed by atoms with E-state index in [-0.39, 0.29) is 0 Å². The summed E-state index contributed by atoms with van der Waals surface area (Å²) in [7, 11) is 0. The second kappa shape index (κ2) is 5.10. The van der Waals surface area contributed by atoms with Crippen molar-refractivity contribution in [2.75, 3.05) is 23.5 Å². The average Bonchev–Trinajstić information content (AvgIpc) is 3.24. The highest BCUT2D eigenvalue weighted by molar-refractivity contribution is 5.59. The maximum atomic E-state index is 5.91. The van der Waals surface area contributed by atoms with Gasteiger partial charge in [0.05, 0.1) is 18.8 Å². The predicted octanol–water partition coefficient (Wildman–Crippen LogP) is 1.71. The quantitative estimate of drug-likeness (QED) is 0.651. The van der Waals surface area contributed by atoms with Crippen molar-refractivity contribution in [3.63, 3.8) is 0 Å². The Balaban J connectivity index is 1.73. The summed E-state index contributed by atoms with van der Waals surface area (Å²) in [5, 5.41) is 0. The SMILES string of the molecule is Cc1c(NN)nc(C2CC2)nc1N1CCOC2CCCC21. The monoisotopic (exact) mass is 289 g/mol. The number of nitrogens with zero attached hydrogens (tertiary/aromatic N) is 3. The van der Waals surface area contributed by atoms with Crippen LogP contribution in [0.3, 0.4) is 0 Å². The van der Waals surface area contributed by atoms with Crippen LogP contribution in [0.25, 0.3) is 0 Å². The predicted molar refractivity (Wildman–Crippen MR) is 81.3 cm³/mol. The van der Waals surface area contributed by atoms with Crippen molar-refractivity contribution >= 4 is 11.6 Å². The van der Waals surface area contributed by atoms with Gasteiger partial charge in [0.15, 0.2) is 0 Å². The van der Waals surface area contributed by atoms with Gasteiger partial charge in [-0.25, -0.2) is 15.8 Å². The Kier molecular flexibility index (Phi) is 3.23. The fraction of sp³-hybridized carbons (Fsp3) is 0.733. The third-order valence-electron chi connectivity index (χ3n) is 4.97. The molecule has 0 aromatic carbocycles. The van der Waals surface area contributed by atoms with Crippen LogP contribution in [0.1, 0.15) is 49.4 Å². The number of fused-ring (bicyclic) bond motifs is 1. The standard InChI is InChI=1S/C15H23N5O/c1-9-13(19-16)17-14(10-5-6-10)18-15(9)20-7-8-21-12-4-2-3-11(12)20/h10-12H,2-8,16H2,1H3,(H,17,18,19). The molecule has 3 aliphatic rings. The van der Waals surface area contributed by atoms with Crippen LogP contribution < -0.4 is 16.2 Å². The molecule has 3 fully saturated rings. The molecular weight excluding hydrogens is 266 g/mol. The molecule has 2 aliphatic carbocycles. The lowest BCUT2D eigenvalue weighted by Crippen LogP contribution is -2.49. The first-order valence-corrected chi connectivity index (χ1v) is 8.01. The number of ether oxygens (including phenoxy) is 1. The number of hydrogen-bond donors (Lipinski definition) is 2. The van der Waals surface area contributed by atoms with Gasteiger partial charge in [-0.05, 0) is 39.0 Å². The highest BCUT2D eigenvalue weighted by atomic mass is 16.5. The number of nitrogens with two attached hydrogens (primary N) is 1. The van der Waals surface area contributed by atoms with E-state index in [0.29, 0.717) is 18.1 Å². The van der Waals surface area contributed by atoms with Crippen LogP contribution in [0.2, 0.25) is 0 Å². The van der Waals surface area contributed by atoms with Crippen LogP contribution in [-0.2, 0) is 4.74 Å². The molecule has 0 bridgehead atoms. The zero-order chi connectivity index (χ0) is 14.4. The summed E-state index contributed by atoms with van der Waals surface area (Å²) in [4.78, 5) is 11.9. The minimum atomic E-state index is 0.367. The largest absolute Gasteiger partial charge is 0.374 e. The summed E-state index contributed by atoms with van der Waals surface area (Å²) in [6.07, 6.45) is 6.37. The molecule has 0 amide bonds. The maximum Gasteiger partial charge on any atom is 0.148 e. The normalized spacial score (nSPS) is 28.6. The highest BCUT2D eigenvalue weighted by Crippen LogP contribution is 2.41. The van der Waals surface area contributed by atoms with Gasteiger partial charge >= 0.3 is 0 Å². The van der Waals surface area contributed by atoms with Gasteiger partial charge in [-0.3, -0.25) is 0 Å². The van der Waals surface area contributed by atoms with Gasteiger partial charge in [0.25, 0.3) is 0 Å². The second-order valence-corrected chi connectivity index (χ2v) is 6.40. The van der Waals surface area contributed by atoms with E-state index in [4.69, 9.17) is 15.6 Å². The minimum absolute atomic E-state index is 0.367. The van der Waals surface area contributed by atoms with Gasteiger partial charge in [0.2, 0.25) is 0 Å². The third-order valence-corrected chi connectivity index (χ3v) is 4.97. The topological polar surface area (TPSA) is 76.3 Å². The van der Waals surface area contributed by atoms with Gasteiger partial charge in [-0.15, -0.1) is 0 Å². The summed E-state index contributed by atoms with van der Waals surface area (Å²) in [5.74, 6) is 8.96. The molecule has 0 radical (unpaired) electrons. The maximum absolute atomic E-state index is 5.91. The molecule has 6 nitrogen and oxygen atoms in total. The molecule has 1 aromatic heterocycles. The Hall–Kier alpha value is -1.40. The van der Waals surface area contributed by atoms with Gasteiger partial charge in [0.1, 0.15) is 17.5 Å². The van der Waals surface area contributed by atoms with Crippen molar-refractivity contribution in [1.82, 2.24) is 9.97 Å². The minimum Gasteiger partial charge on any atom is -0.374 e. The summed E-state index contributed by atoms with van der Waals surface area (Å²) >= 11 is 0. The van der Waals surface area contributed by atoms with E-state index in [1.807, 2.05) is 0 Å². The zero-order valence-electron chi connectivity index (χ0n) is 12.5. The Morgan fingerprint density at radius 3 is 2.86 bits per heavy atom. The highest BCUT2D eigenvalue weighted by Gasteiger charge is 2.38. The average molecular weight is 289 g/mol. The van der Waals surface area contributed by atoms with Crippen LogP contribution >= 0.6 is 0 Å². The van der Waals surface area contributed by atoms with Crippen LogP contribution in [0.5, 0.6) is 0 Å². The molecule has 3 N–H and O–H groups in total. The molecule has 1 saturated heterocycles. The molecule has 1 aromatic rings. The fourth-order valence-corrected chi connectivity index (χ4v) is 3.65. The van der Waals surface area contributed by atoms with Crippen LogP contribution in [-0.4, -0.2) is 35.3 Å². The molecule has 2 saturated carbocycles. The summed E-state index contributed by atoms with van der Waals surface area (Å²) in [6, 6.07) is 0.463. The first kappa shape index (κ1) is 13.3. The molecule has 21 heavy (non-hydrogen) atoms. The van der Waals surface area contributed by atoms with Crippen LogP contribution in [0.15, 0.2) is 0 Å². The first-order chi connectivity index (χ1) is 10.3. The Morgan fingerprint density at radius 1 is 1.24 bits per heavy atom. The van der Waals surface area contributed by atoms with Crippen molar-refractivity contribution in [2.24, 2.45) is 5.84 Å². The third kappa shape index (κ3) is 2.26. The van der Waals surface area contributed by atoms with Crippen LogP contribution in [0, 0.1) is 6.92 Å². The van der Waals surface area contributed by atoms with Crippen molar-refractivity contribution in [3.8, 4) is 0 Å². The van der Waals surface area contributed by atoms with Gasteiger partial charge in [0, 0.05) is 18.0 Å². The van der Waals surface area contributed by atoms with Crippen LogP contribution in [0.4, 0.5) is 11.6 Å². The molecule has 6 heteroatoms. The lowest BCUT2D eigenvalue weighted by molar-refractivity contribution is 0.0252. The van der Waals surface area contributed by atoms with E-state index >= 15 is 0 Å². The molecule has 0 spiro atoms. The second-order valence-electron chi connectivity index (χ2n) is 6.40. The molecule has 114 valence electrons. The lowest BCUT2D eigenvalue weighted by atomic mass is 10.1. The van der Waals surface area contributed by atoms with Gasteiger partial charge in [-0.2, -0.15) is 0 Å². The number of nitrogen functional groups attached to an aromatic ring is 1. The number of hydrazine groups is 1. The summed E-state index contributed by atoms with van der Waals surface area (Å²) in [6.45, 7) is 3.75. The molecular formula is C15H23N5O. The van der Waals surface area contributed by atoms with E-state index in [1.54, 1.807) is 0 Å². The number of anilines is 2. The Morgan fingerprint density at radius 2 is 2.10 bits per heavy atom. The molecule has 2 unspecified atom stereocenters. The number of rotatable bonds is 3. The van der Waals surface area contributed by atoms with Gasteiger partial charge < -0.3 is 15.1 Å². The van der Waals surface area contributed by atoms with E-state index in [9.17, 15) is 0 Å². The molecule has 1 aliphatic heterocycles. The van der Waals surface area contributed by atoms with Crippen molar-refractivity contribution in [1.29, 1.82) is 0 Å². The molecule has 2 atom stereocenters. The van der Waals surface area contributed by atoms with Gasteiger partial charge in [-0.1, -0.05) is 0 Å². The van der Waals surface area contributed by atoms with Crippen molar-refractivity contribution < 1.29 is 4.74 Å². The van der Waals surface area contributed by atoms with E-state index < -0.39 is 0 Å². The molecule has 2 heterocycles.